The predicted octanol–water partition coefficient (Wildman–Crippen LogP) is 3.86. The maximum Gasteiger partial charge on any atom is 0.124 e. The van der Waals surface area contributed by atoms with Crippen LogP contribution in [0.15, 0.2) is 53.0 Å². The Balaban J connectivity index is 2.16. The first kappa shape index (κ1) is 12.3. The van der Waals surface area contributed by atoms with E-state index in [-0.39, 0.29) is 5.82 Å². The molecule has 0 aliphatic carbocycles. The Kier molecular flexibility index (Phi) is 3.92. The molecule has 2 aromatic carbocycles. The summed E-state index contributed by atoms with van der Waals surface area (Å²) in [5, 5.41) is 10.1. The maximum absolute atomic E-state index is 12.9. The molecule has 0 bridgehead atoms. The zero-order valence-corrected chi connectivity index (χ0v) is 10.7. The zero-order chi connectivity index (χ0) is 12.3. The molecule has 1 unspecified atom stereocenters. The number of aliphatic hydroxyl groups excluding tert-OH is 1. The Hall–Kier alpha value is -1.19. The molecule has 0 saturated heterocycles. The maximum atomic E-state index is 12.9. The minimum Gasteiger partial charge on any atom is -0.388 e. The van der Waals surface area contributed by atoms with Gasteiger partial charge in [0, 0.05) is 10.9 Å². The SMILES string of the molecule is OC(Cc1ccc(F)cc1Br)c1ccccc1. The Labute approximate surface area is 108 Å². The highest BCUT2D eigenvalue weighted by Gasteiger charge is 2.10. The molecule has 0 saturated carbocycles. The van der Waals surface area contributed by atoms with E-state index in [0.29, 0.717) is 10.9 Å². The van der Waals surface area contributed by atoms with Gasteiger partial charge in [-0.25, -0.2) is 4.39 Å². The van der Waals surface area contributed by atoms with Crippen LogP contribution in [-0.2, 0) is 6.42 Å². The van der Waals surface area contributed by atoms with Crippen molar-refractivity contribution >= 4 is 15.9 Å². The second kappa shape index (κ2) is 5.43. The van der Waals surface area contributed by atoms with E-state index >= 15 is 0 Å². The number of aliphatic hydroxyl groups is 1. The number of hydrogen-bond donors (Lipinski definition) is 1. The van der Waals surface area contributed by atoms with E-state index in [4.69, 9.17) is 0 Å². The molecule has 0 spiro atoms. The number of halogens is 2. The van der Waals surface area contributed by atoms with Crippen molar-refractivity contribution in [3.05, 3.63) is 69.9 Å². The molecule has 2 aromatic rings. The lowest BCUT2D eigenvalue weighted by molar-refractivity contribution is 0.178. The average molecular weight is 295 g/mol. The van der Waals surface area contributed by atoms with Gasteiger partial charge >= 0.3 is 0 Å². The van der Waals surface area contributed by atoms with Gasteiger partial charge in [0.25, 0.3) is 0 Å². The van der Waals surface area contributed by atoms with Crippen molar-refractivity contribution in [1.82, 2.24) is 0 Å². The lowest BCUT2D eigenvalue weighted by Gasteiger charge is -2.12. The highest BCUT2D eigenvalue weighted by molar-refractivity contribution is 9.10. The van der Waals surface area contributed by atoms with Crippen LogP contribution in [0.4, 0.5) is 4.39 Å². The van der Waals surface area contributed by atoms with Crippen molar-refractivity contribution in [3.63, 3.8) is 0 Å². The molecule has 1 N–H and O–H groups in total. The standard InChI is InChI=1S/C14H12BrFO/c15-13-9-12(16)7-6-11(13)8-14(17)10-4-2-1-3-5-10/h1-7,9,14,17H,8H2. The fourth-order valence-electron chi connectivity index (χ4n) is 1.69. The van der Waals surface area contributed by atoms with Gasteiger partial charge in [-0.05, 0) is 23.3 Å². The third kappa shape index (κ3) is 3.14. The summed E-state index contributed by atoms with van der Waals surface area (Å²) in [6.45, 7) is 0. The fraction of sp³-hybridized carbons (Fsp3) is 0.143. The average Bonchev–Trinajstić information content (AvgIpc) is 2.34. The Morgan fingerprint density at radius 2 is 1.82 bits per heavy atom. The molecule has 1 atom stereocenters. The number of hydrogen-bond acceptors (Lipinski definition) is 1. The van der Waals surface area contributed by atoms with Crippen LogP contribution in [0.1, 0.15) is 17.2 Å². The third-order valence-electron chi connectivity index (χ3n) is 2.61. The second-order valence-electron chi connectivity index (χ2n) is 3.87. The molecular weight excluding hydrogens is 283 g/mol. The van der Waals surface area contributed by atoms with Crippen LogP contribution >= 0.6 is 15.9 Å². The normalized spacial score (nSPS) is 12.4. The van der Waals surface area contributed by atoms with Crippen LogP contribution in [0.2, 0.25) is 0 Å². The molecule has 0 heterocycles. The highest BCUT2D eigenvalue weighted by atomic mass is 79.9. The van der Waals surface area contributed by atoms with Crippen LogP contribution < -0.4 is 0 Å². The Morgan fingerprint density at radius 3 is 2.47 bits per heavy atom. The van der Waals surface area contributed by atoms with Crippen molar-refractivity contribution < 1.29 is 9.50 Å². The van der Waals surface area contributed by atoms with Crippen LogP contribution in [0, 0.1) is 5.82 Å². The van der Waals surface area contributed by atoms with Gasteiger partial charge in [-0.2, -0.15) is 0 Å². The summed E-state index contributed by atoms with van der Waals surface area (Å²) in [7, 11) is 0. The van der Waals surface area contributed by atoms with Crippen LogP contribution in [0.3, 0.4) is 0 Å². The largest absolute Gasteiger partial charge is 0.388 e. The summed E-state index contributed by atoms with van der Waals surface area (Å²) >= 11 is 3.30. The summed E-state index contributed by atoms with van der Waals surface area (Å²) < 4.78 is 13.6. The van der Waals surface area contributed by atoms with Crippen LogP contribution in [-0.4, -0.2) is 5.11 Å². The molecule has 1 nitrogen and oxygen atoms in total. The fourth-order valence-corrected chi connectivity index (χ4v) is 2.20. The van der Waals surface area contributed by atoms with Gasteiger partial charge in [0.2, 0.25) is 0 Å². The number of benzene rings is 2. The first-order valence-corrected chi connectivity index (χ1v) is 6.13. The minimum atomic E-state index is -0.571. The molecule has 17 heavy (non-hydrogen) atoms. The summed E-state index contributed by atoms with van der Waals surface area (Å²) in [5.41, 5.74) is 1.76. The van der Waals surface area contributed by atoms with Gasteiger partial charge in [0.1, 0.15) is 5.82 Å². The summed E-state index contributed by atoms with van der Waals surface area (Å²) in [6.07, 6.45) is -0.108. The van der Waals surface area contributed by atoms with Gasteiger partial charge in [-0.1, -0.05) is 52.3 Å². The lowest BCUT2D eigenvalue weighted by atomic mass is 10.0. The van der Waals surface area contributed by atoms with E-state index in [1.807, 2.05) is 30.3 Å². The molecule has 0 aliphatic heterocycles. The topological polar surface area (TPSA) is 20.2 Å². The molecule has 0 amide bonds. The zero-order valence-electron chi connectivity index (χ0n) is 9.11. The third-order valence-corrected chi connectivity index (χ3v) is 3.35. The van der Waals surface area contributed by atoms with Gasteiger partial charge < -0.3 is 5.11 Å². The van der Waals surface area contributed by atoms with Crippen molar-refractivity contribution in [2.24, 2.45) is 0 Å². The van der Waals surface area contributed by atoms with E-state index in [1.54, 1.807) is 6.07 Å². The quantitative estimate of drug-likeness (QED) is 0.911. The van der Waals surface area contributed by atoms with Gasteiger partial charge in [-0.3, -0.25) is 0 Å². The van der Waals surface area contributed by atoms with Crippen molar-refractivity contribution in [1.29, 1.82) is 0 Å². The monoisotopic (exact) mass is 294 g/mol. The molecule has 0 aliphatic rings. The van der Waals surface area contributed by atoms with E-state index in [1.165, 1.54) is 12.1 Å². The molecule has 2 rings (SSSR count). The lowest BCUT2D eigenvalue weighted by Crippen LogP contribution is -2.02. The smallest absolute Gasteiger partial charge is 0.124 e. The molecule has 0 fully saturated rings. The Bertz CT molecular complexity index is 499. The molecule has 3 heteroatoms. The van der Waals surface area contributed by atoms with Crippen LogP contribution in [0.25, 0.3) is 0 Å². The summed E-state index contributed by atoms with van der Waals surface area (Å²) in [5.74, 6) is -0.283. The predicted molar refractivity (Wildman–Crippen MR) is 69.2 cm³/mol. The summed E-state index contributed by atoms with van der Waals surface area (Å²) in [4.78, 5) is 0. The number of rotatable bonds is 3. The van der Waals surface area contributed by atoms with Gasteiger partial charge in [0.05, 0.1) is 6.10 Å². The first-order chi connectivity index (χ1) is 8.16. The Morgan fingerprint density at radius 1 is 1.12 bits per heavy atom. The first-order valence-electron chi connectivity index (χ1n) is 5.34. The van der Waals surface area contributed by atoms with Gasteiger partial charge in [-0.15, -0.1) is 0 Å². The van der Waals surface area contributed by atoms with Crippen molar-refractivity contribution in [3.8, 4) is 0 Å². The van der Waals surface area contributed by atoms with Crippen molar-refractivity contribution in [2.75, 3.05) is 0 Å². The van der Waals surface area contributed by atoms with Gasteiger partial charge in [0.15, 0.2) is 0 Å². The molecule has 0 aromatic heterocycles. The van der Waals surface area contributed by atoms with E-state index in [2.05, 4.69) is 15.9 Å². The second-order valence-corrected chi connectivity index (χ2v) is 4.72. The molecular formula is C14H12BrFO. The highest BCUT2D eigenvalue weighted by Crippen LogP contribution is 2.24. The summed E-state index contributed by atoms with van der Waals surface area (Å²) in [6, 6.07) is 13.9. The van der Waals surface area contributed by atoms with E-state index < -0.39 is 6.10 Å². The van der Waals surface area contributed by atoms with Crippen molar-refractivity contribution in [2.45, 2.75) is 12.5 Å². The minimum absolute atomic E-state index is 0.283. The van der Waals surface area contributed by atoms with Crippen LogP contribution in [0.5, 0.6) is 0 Å². The molecule has 88 valence electrons. The van der Waals surface area contributed by atoms with E-state index in [9.17, 15) is 9.50 Å². The van der Waals surface area contributed by atoms with E-state index in [0.717, 1.165) is 11.1 Å². The molecule has 0 radical (unpaired) electrons.